The fraction of sp³-hybridized carbons (Fsp3) is 0.750. The number of alkyl carbamates (subject to hydrolysis) is 1. The molecule has 0 saturated heterocycles. The van der Waals surface area contributed by atoms with Gasteiger partial charge in [-0.1, -0.05) is 6.08 Å². The van der Waals surface area contributed by atoms with Gasteiger partial charge < -0.3 is 10.1 Å². The Hall–Kier alpha value is -0.990. The summed E-state index contributed by atoms with van der Waals surface area (Å²) in [5, 5.41) is 2.97. The first-order chi connectivity index (χ1) is 6.78. The number of allylic oxidation sites excluding steroid dienone is 1. The van der Waals surface area contributed by atoms with Crippen molar-refractivity contribution >= 4 is 6.09 Å². The Balaban J connectivity index is 1.81. The van der Waals surface area contributed by atoms with Crippen LogP contribution in [0.25, 0.3) is 0 Å². The molecule has 0 heterocycles. The van der Waals surface area contributed by atoms with Gasteiger partial charge in [0.2, 0.25) is 0 Å². The first kappa shape index (κ1) is 10.5. The number of nitrogens with one attached hydrogen (secondary N) is 1. The van der Waals surface area contributed by atoms with Crippen LogP contribution in [0, 0.1) is 5.41 Å². The van der Waals surface area contributed by atoms with Crippen LogP contribution in [-0.4, -0.2) is 17.2 Å². The molecule has 0 aromatic rings. The number of carbonyl (C=O) groups is 1. The van der Waals surface area contributed by atoms with E-state index in [-0.39, 0.29) is 11.6 Å². The minimum atomic E-state index is -0.413. The Kier molecular flexibility index (Phi) is 1.95. The molecule has 15 heavy (non-hydrogen) atoms. The molecule has 0 spiro atoms. The summed E-state index contributed by atoms with van der Waals surface area (Å²) in [6.45, 7) is 9.44. The third-order valence-electron chi connectivity index (χ3n) is 3.27. The zero-order valence-corrected chi connectivity index (χ0v) is 9.72. The van der Waals surface area contributed by atoms with Crippen LogP contribution in [0.5, 0.6) is 0 Å². The molecule has 0 atom stereocenters. The SMILES string of the molecule is C=CC12CC(NC(=O)OC(C)(C)C)(C1)C2. The van der Waals surface area contributed by atoms with Crippen molar-refractivity contribution in [3.63, 3.8) is 0 Å². The maximum Gasteiger partial charge on any atom is 0.408 e. The van der Waals surface area contributed by atoms with E-state index in [2.05, 4.69) is 11.9 Å². The molecule has 3 rings (SSSR count). The van der Waals surface area contributed by atoms with Crippen molar-refractivity contribution in [3.8, 4) is 0 Å². The molecule has 3 aliphatic carbocycles. The van der Waals surface area contributed by atoms with E-state index in [0.717, 1.165) is 19.3 Å². The van der Waals surface area contributed by atoms with Crippen molar-refractivity contribution < 1.29 is 9.53 Å². The average molecular weight is 209 g/mol. The normalized spacial score (nSPS) is 37.3. The van der Waals surface area contributed by atoms with Gasteiger partial charge in [0, 0.05) is 5.54 Å². The first-order valence-corrected chi connectivity index (χ1v) is 5.43. The maximum atomic E-state index is 11.5. The molecule has 1 amide bonds. The summed E-state index contributed by atoms with van der Waals surface area (Å²) in [6, 6.07) is 0. The molecule has 0 unspecified atom stereocenters. The fourth-order valence-corrected chi connectivity index (χ4v) is 2.74. The van der Waals surface area contributed by atoms with Crippen molar-refractivity contribution in [1.82, 2.24) is 5.32 Å². The summed E-state index contributed by atoms with van der Waals surface area (Å²) in [7, 11) is 0. The van der Waals surface area contributed by atoms with Crippen LogP contribution in [-0.2, 0) is 4.74 Å². The van der Waals surface area contributed by atoms with Gasteiger partial charge in [-0.15, -0.1) is 6.58 Å². The van der Waals surface area contributed by atoms with E-state index in [9.17, 15) is 4.79 Å². The maximum absolute atomic E-state index is 11.5. The second-order valence-electron chi connectivity index (χ2n) is 6.00. The molecule has 0 aromatic carbocycles. The highest BCUT2D eigenvalue weighted by Gasteiger charge is 2.67. The van der Waals surface area contributed by atoms with Crippen LogP contribution in [0.15, 0.2) is 12.7 Å². The summed E-state index contributed by atoms with van der Waals surface area (Å²) in [5.74, 6) is 0. The van der Waals surface area contributed by atoms with E-state index >= 15 is 0 Å². The monoisotopic (exact) mass is 209 g/mol. The van der Waals surface area contributed by atoms with Crippen molar-refractivity contribution in [2.45, 2.75) is 51.2 Å². The first-order valence-electron chi connectivity index (χ1n) is 5.43. The highest BCUT2D eigenvalue weighted by molar-refractivity contribution is 5.70. The number of rotatable bonds is 2. The molecular formula is C12H19NO2. The standard InChI is InChI=1S/C12H19NO2/c1-5-11-6-12(7-11,8-11)13-9(14)15-10(2,3)4/h5H,1,6-8H2,2-4H3,(H,13,14). The molecule has 2 bridgehead atoms. The molecule has 84 valence electrons. The highest BCUT2D eigenvalue weighted by Crippen LogP contribution is 2.67. The predicted octanol–water partition coefficient (Wildman–Crippen LogP) is 2.62. The smallest absolute Gasteiger partial charge is 0.408 e. The van der Waals surface area contributed by atoms with Crippen LogP contribution >= 0.6 is 0 Å². The largest absolute Gasteiger partial charge is 0.444 e. The van der Waals surface area contributed by atoms with Gasteiger partial charge in [0.25, 0.3) is 0 Å². The lowest BCUT2D eigenvalue weighted by molar-refractivity contribution is -0.114. The minimum absolute atomic E-state index is 0.0243. The number of ether oxygens (including phenoxy) is 1. The Morgan fingerprint density at radius 2 is 1.93 bits per heavy atom. The molecule has 0 radical (unpaired) electrons. The molecular weight excluding hydrogens is 190 g/mol. The van der Waals surface area contributed by atoms with E-state index < -0.39 is 5.60 Å². The Morgan fingerprint density at radius 3 is 2.33 bits per heavy atom. The van der Waals surface area contributed by atoms with Crippen LogP contribution in [0.1, 0.15) is 40.0 Å². The summed E-state index contributed by atoms with van der Waals surface area (Å²) < 4.78 is 5.22. The quantitative estimate of drug-likeness (QED) is 0.710. The van der Waals surface area contributed by atoms with Gasteiger partial charge in [0.1, 0.15) is 5.60 Å². The van der Waals surface area contributed by atoms with Gasteiger partial charge >= 0.3 is 6.09 Å². The van der Waals surface area contributed by atoms with Gasteiger partial charge in [-0.05, 0) is 45.4 Å². The second-order valence-corrected chi connectivity index (χ2v) is 6.00. The molecule has 3 saturated carbocycles. The van der Waals surface area contributed by atoms with E-state index in [1.807, 2.05) is 26.8 Å². The third-order valence-corrected chi connectivity index (χ3v) is 3.27. The molecule has 1 N–H and O–H groups in total. The zero-order valence-electron chi connectivity index (χ0n) is 9.72. The van der Waals surface area contributed by atoms with Crippen molar-refractivity contribution in [2.24, 2.45) is 5.41 Å². The average Bonchev–Trinajstić information content (AvgIpc) is 1.89. The van der Waals surface area contributed by atoms with Gasteiger partial charge in [-0.3, -0.25) is 0 Å². The number of carbonyl (C=O) groups excluding carboxylic acids is 1. The number of hydrogen-bond donors (Lipinski definition) is 1. The van der Waals surface area contributed by atoms with Crippen LogP contribution in [0.4, 0.5) is 4.79 Å². The zero-order chi connectivity index (χ0) is 11.3. The number of hydrogen-bond acceptors (Lipinski definition) is 2. The van der Waals surface area contributed by atoms with Crippen LogP contribution in [0.2, 0.25) is 0 Å². The Bertz CT molecular complexity index is 294. The lowest BCUT2D eigenvalue weighted by atomic mass is 9.39. The summed E-state index contributed by atoms with van der Waals surface area (Å²) in [6.07, 6.45) is 4.82. The topological polar surface area (TPSA) is 38.3 Å². The lowest BCUT2D eigenvalue weighted by Crippen LogP contribution is -2.74. The summed E-state index contributed by atoms with van der Waals surface area (Å²) >= 11 is 0. The molecule has 3 aliphatic rings. The molecule has 3 heteroatoms. The van der Waals surface area contributed by atoms with Crippen molar-refractivity contribution in [3.05, 3.63) is 12.7 Å². The van der Waals surface area contributed by atoms with Crippen LogP contribution in [0.3, 0.4) is 0 Å². The van der Waals surface area contributed by atoms with Gasteiger partial charge in [-0.25, -0.2) is 4.79 Å². The van der Waals surface area contributed by atoms with Crippen molar-refractivity contribution in [2.75, 3.05) is 0 Å². The fourth-order valence-electron chi connectivity index (χ4n) is 2.74. The predicted molar refractivity (Wildman–Crippen MR) is 58.6 cm³/mol. The minimum Gasteiger partial charge on any atom is -0.444 e. The van der Waals surface area contributed by atoms with Crippen molar-refractivity contribution in [1.29, 1.82) is 0 Å². The van der Waals surface area contributed by atoms with E-state index in [1.54, 1.807) is 0 Å². The Morgan fingerprint density at radius 1 is 1.40 bits per heavy atom. The lowest BCUT2D eigenvalue weighted by Gasteiger charge is -2.69. The molecule has 3 nitrogen and oxygen atoms in total. The molecule has 3 fully saturated rings. The molecule has 0 aromatic heterocycles. The van der Waals surface area contributed by atoms with Gasteiger partial charge in [-0.2, -0.15) is 0 Å². The summed E-state index contributed by atoms with van der Waals surface area (Å²) in [4.78, 5) is 11.5. The highest BCUT2D eigenvalue weighted by atomic mass is 16.6. The van der Waals surface area contributed by atoms with E-state index in [0.29, 0.717) is 5.41 Å². The van der Waals surface area contributed by atoms with E-state index in [1.165, 1.54) is 0 Å². The second kappa shape index (κ2) is 2.77. The van der Waals surface area contributed by atoms with E-state index in [4.69, 9.17) is 4.74 Å². The molecule has 0 aliphatic heterocycles. The van der Waals surface area contributed by atoms with Gasteiger partial charge in [0.15, 0.2) is 0 Å². The number of amides is 1. The third kappa shape index (κ3) is 1.75. The summed E-state index contributed by atoms with van der Waals surface area (Å²) in [5.41, 5.74) is -0.0602. The Labute approximate surface area is 90.9 Å². The van der Waals surface area contributed by atoms with Gasteiger partial charge in [0.05, 0.1) is 0 Å². The van der Waals surface area contributed by atoms with Crippen LogP contribution < -0.4 is 5.32 Å².